The van der Waals surface area contributed by atoms with Crippen molar-refractivity contribution in [1.82, 2.24) is 4.98 Å². The van der Waals surface area contributed by atoms with Gasteiger partial charge in [-0.05, 0) is 37.5 Å². The van der Waals surface area contributed by atoms with Crippen molar-refractivity contribution in [2.24, 2.45) is 5.73 Å². The molecule has 1 aromatic carbocycles. The SMILES string of the molecule is Cl.N[C@H]1CCc2nc(NC(=O)c3ccc4c(c3)OCO4)sc2C1. The summed E-state index contributed by atoms with van der Waals surface area (Å²) < 4.78 is 10.5. The highest BCUT2D eigenvalue weighted by Gasteiger charge is 2.21. The molecule has 2 heterocycles. The van der Waals surface area contributed by atoms with Crippen molar-refractivity contribution in [3.05, 3.63) is 34.3 Å². The van der Waals surface area contributed by atoms with Crippen LogP contribution in [0.5, 0.6) is 11.5 Å². The topological polar surface area (TPSA) is 86.5 Å². The first-order chi connectivity index (χ1) is 10.7. The molecule has 2 aliphatic rings. The maximum atomic E-state index is 12.3. The molecule has 1 aliphatic carbocycles. The zero-order chi connectivity index (χ0) is 15.1. The highest BCUT2D eigenvalue weighted by molar-refractivity contribution is 7.15. The number of rotatable bonds is 2. The van der Waals surface area contributed by atoms with Gasteiger partial charge in [-0.3, -0.25) is 10.1 Å². The predicted molar refractivity (Wildman–Crippen MR) is 89.9 cm³/mol. The van der Waals surface area contributed by atoms with Gasteiger partial charge in [-0.15, -0.1) is 23.7 Å². The normalized spacial score (nSPS) is 18.0. The van der Waals surface area contributed by atoms with E-state index < -0.39 is 0 Å². The molecule has 0 saturated heterocycles. The predicted octanol–water partition coefficient (Wildman–Crippen LogP) is 2.36. The number of benzene rings is 1. The molecule has 6 nitrogen and oxygen atoms in total. The van der Waals surface area contributed by atoms with E-state index in [0.29, 0.717) is 22.2 Å². The van der Waals surface area contributed by atoms with Crippen LogP contribution in [0.1, 0.15) is 27.3 Å². The maximum Gasteiger partial charge on any atom is 0.257 e. The summed E-state index contributed by atoms with van der Waals surface area (Å²) in [6.07, 6.45) is 2.67. The van der Waals surface area contributed by atoms with Crippen LogP contribution in [0, 0.1) is 0 Å². The molecule has 1 aliphatic heterocycles. The van der Waals surface area contributed by atoms with Crippen molar-refractivity contribution in [2.45, 2.75) is 25.3 Å². The maximum absolute atomic E-state index is 12.3. The molecular weight excluding hydrogens is 338 g/mol. The average Bonchev–Trinajstić information content (AvgIpc) is 3.11. The molecule has 2 aromatic rings. The van der Waals surface area contributed by atoms with Gasteiger partial charge in [0.15, 0.2) is 16.6 Å². The van der Waals surface area contributed by atoms with Crippen molar-refractivity contribution < 1.29 is 14.3 Å². The van der Waals surface area contributed by atoms with E-state index in [1.54, 1.807) is 18.2 Å². The summed E-state index contributed by atoms with van der Waals surface area (Å²) in [6.45, 7) is 0.194. The van der Waals surface area contributed by atoms with E-state index >= 15 is 0 Å². The Bertz CT molecular complexity index is 750. The van der Waals surface area contributed by atoms with Gasteiger partial charge in [0.2, 0.25) is 6.79 Å². The van der Waals surface area contributed by atoms with Crippen LogP contribution in [0.2, 0.25) is 0 Å². The number of aryl methyl sites for hydroxylation is 1. The molecule has 0 bridgehead atoms. The number of nitrogens with two attached hydrogens (primary N) is 1. The van der Waals surface area contributed by atoms with Crippen molar-refractivity contribution in [3.63, 3.8) is 0 Å². The van der Waals surface area contributed by atoms with Crippen LogP contribution in [-0.4, -0.2) is 23.7 Å². The van der Waals surface area contributed by atoms with Gasteiger partial charge in [-0.1, -0.05) is 0 Å². The number of hydrogen-bond donors (Lipinski definition) is 2. The number of fused-ring (bicyclic) bond motifs is 2. The summed E-state index contributed by atoms with van der Waals surface area (Å²) >= 11 is 1.51. The largest absolute Gasteiger partial charge is 0.454 e. The molecule has 1 atom stereocenters. The minimum atomic E-state index is -0.200. The monoisotopic (exact) mass is 353 g/mol. The Morgan fingerprint density at radius 3 is 3.04 bits per heavy atom. The summed E-state index contributed by atoms with van der Waals surface area (Å²) in [4.78, 5) is 18.0. The Morgan fingerprint density at radius 1 is 1.35 bits per heavy atom. The lowest BCUT2D eigenvalue weighted by Gasteiger charge is -2.15. The van der Waals surface area contributed by atoms with Crippen LogP contribution in [0.3, 0.4) is 0 Å². The van der Waals surface area contributed by atoms with Crippen LogP contribution in [0.4, 0.5) is 5.13 Å². The first-order valence-corrected chi connectivity index (χ1v) is 7.96. The van der Waals surface area contributed by atoms with E-state index in [1.165, 1.54) is 16.2 Å². The molecule has 1 aromatic heterocycles. The van der Waals surface area contributed by atoms with E-state index in [-0.39, 0.29) is 31.1 Å². The van der Waals surface area contributed by atoms with E-state index in [0.717, 1.165) is 25.0 Å². The molecule has 122 valence electrons. The third-order valence-corrected chi connectivity index (χ3v) is 4.87. The average molecular weight is 354 g/mol. The lowest BCUT2D eigenvalue weighted by Crippen LogP contribution is -2.27. The van der Waals surface area contributed by atoms with Crippen LogP contribution < -0.4 is 20.5 Å². The summed E-state index contributed by atoms with van der Waals surface area (Å²) in [5.41, 5.74) is 7.55. The summed E-state index contributed by atoms with van der Waals surface area (Å²) in [6, 6.07) is 5.33. The molecular formula is C15H16ClN3O3S. The molecule has 1 amide bonds. The van der Waals surface area contributed by atoms with Gasteiger partial charge in [-0.25, -0.2) is 4.98 Å². The quantitative estimate of drug-likeness (QED) is 0.865. The summed E-state index contributed by atoms with van der Waals surface area (Å²) in [5, 5.41) is 3.48. The van der Waals surface area contributed by atoms with Gasteiger partial charge in [-0.2, -0.15) is 0 Å². The molecule has 0 fully saturated rings. The smallest absolute Gasteiger partial charge is 0.257 e. The number of thiazole rings is 1. The third kappa shape index (κ3) is 3.12. The second kappa shape index (κ2) is 6.35. The number of halogens is 1. The van der Waals surface area contributed by atoms with Crippen molar-refractivity contribution >= 4 is 34.8 Å². The Labute approximate surface area is 143 Å². The number of carbonyl (C=O) groups excluding carboxylic acids is 1. The van der Waals surface area contributed by atoms with Crippen LogP contribution >= 0.6 is 23.7 Å². The standard InChI is InChI=1S/C15H15N3O3S.ClH/c16-9-2-3-10-13(6-9)22-15(17-10)18-14(19)8-1-4-11-12(5-8)21-7-20-11;/h1,4-5,9H,2-3,6-7,16H2,(H,17,18,19);1H/t9-;/m0./s1. The number of hydrogen-bond acceptors (Lipinski definition) is 6. The zero-order valence-corrected chi connectivity index (χ0v) is 13.8. The first kappa shape index (κ1) is 16.0. The Morgan fingerprint density at radius 2 is 2.17 bits per heavy atom. The fourth-order valence-corrected chi connectivity index (χ4v) is 3.76. The summed E-state index contributed by atoms with van der Waals surface area (Å²) in [5.74, 6) is 1.06. The van der Waals surface area contributed by atoms with Gasteiger partial charge in [0.1, 0.15) is 0 Å². The van der Waals surface area contributed by atoms with E-state index in [2.05, 4.69) is 10.3 Å². The lowest BCUT2D eigenvalue weighted by atomic mass is 9.99. The number of nitrogens with one attached hydrogen (secondary N) is 1. The molecule has 0 saturated carbocycles. The Balaban J connectivity index is 0.00000156. The van der Waals surface area contributed by atoms with Gasteiger partial charge < -0.3 is 15.2 Å². The number of nitrogens with zero attached hydrogens (tertiary/aromatic N) is 1. The van der Waals surface area contributed by atoms with Crippen molar-refractivity contribution in [2.75, 3.05) is 12.1 Å². The van der Waals surface area contributed by atoms with Crippen molar-refractivity contribution in [3.8, 4) is 11.5 Å². The third-order valence-electron chi connectivity index (χ3n) is 3.83. The fraction of sp³-hybridized carbons (Fsp3) is 0.333. The van der Waals surface area contributed by atoms with Gasteiger partial charge in [0.05, 0.1) is 5.69 Å². The van der Waals surface area contributed by atoms with Gasteiger partial charge >= 0.3 is 0 Å². The number of amides is 1. The summed E-state index contributed by atoms with van der Waals surface area (Å²) in [7, 11) is 0. The molecule has 0 unspecified atom stereocenters. The lowest BCUT2D eigenvalue weighted by molar-refractivity contribution is 0.102. The Hall–Kier alpha value is -1.83. The first-order valence-electron chi connectivity index (χ1n) is 7.14. The molecule has 8 heteroatoms. The highest BCUT2D eigenvalue weighted by Crippen LogP contribution is 2.33. The molecule has 23 heavy (non-hydrogen) atoms. The van der Waals surface area contributed by atoms with E-state index in [1.807, 2.05) is 0 Å². The minimum Gasteiger partial charge on any atom is -0.454 e. The van der Waals surface area contributed by atoms with E-state index in [9.17, 15) is 4.79 Å². The molecule has 4 rings (SSSR count). The van der Waals surface area contributed by atoms with Gasteiger partial charge in [0.25, 0.3) is 5.91 Å². The highest BCUT2D eigenvalue weighted by atomic mass is 35.5. The zero-order valence-electron chi connectivity index (χ0n) is 12.2. The second-order valence-electron chi connectivity index (χ2n) is 5.41. The van der Waals surface area contributed by atoms with Crippen LogP contribution in [-0.2, 0) is 12.8 Å². The number of aromatic nitrogens is 1. The van der Waals surface area contributed by atoms with Crippen LogP contribution in [0.15, 0.2) is 18.2 Å². The molecule has 0 spiro atoms. The second-order valence-corrected chi connectivity index (χ2v) is 6.50. The van der Waals surface area contributed by atoms with Crippen molar-refractivity contribution in [1.29, 1.82) is 0 Å². The number of carbonyl (C=O) groups is 1. The van der Waals surface area contributed by atoms with Crippen LogP contribution in [0.25, 0.3) is 0 Å². The molecule has 0 radical (unpaired) electrons. The number of ether oxygens (including phenoxy) is 2. The number of anilines is 1. The fourth-order valence-electron chi connectivity index (χ4n) is 2.66. The minimum absolute atomic E-state index is 0. The van der Waals surface area contributed by atoms with Gasteiger partial charge in [0, 0.05) is 16.5 Å². The Kier molecular flexibility index (Phi) is 4.43. The van der Waals surface area contributed by atoms with E-state index in [4.69, 9.17) is 15.2 Å². The molecule has 3 N–H and O–H groups in total.